The third-order valence-corrected chi connectivity index (χ3v) is 5.85. The van der Waals surface area contributed by atoms with Gasteiger partial charge < -0.3 is 14.7 Å². The number of aliphatic hydroxyl groups is 1. The Balaban J connectivity index is 0.00000126. The molecule has 1 aliphatic rings. The van der Waals surface area contributed by atoms with Crippen LogP contribution in [0.4, 0.5) is 0 Å². The zero-order valence-corrected chi connectivity index (χ0v) is 17.7. The molecule has 27 heavy (non-hydrogen) atoms. The minimum atomic E-state index is -0.381. The Morgan fingerprint density at radius 3 is 2.63 bits per heavy atom. The molecule has 1 aliphatic heterocycles. The van der Waals surface area contributed by atoms with Gasteiger partial charge in [-0.2, -0.15) is 0 Å². The van der Waals surface area contributed by atoms with Crippen molar-refractivity contribution < 1.29 is 14.6 Å². The molecule has 2 aromatic rings. The number of thiazole rings is 1. The van der Waals surface area contributed by atoms with Crippen molar-refractivity contribution in [2.45, 2.75) is 52.2 Å². The van der Waals surface area contributed by atoms with Gasteiger partial charge in [0.05, 0.1) is 35.5 Å². The number of piperidine rings is 1. The van der Waals surface area contributed by atoms with E-state index in [2.05, 4.69) is 4.98 Å². The first-order valence-corrected chi connectivity index (χ1v) is 10.3. The number of carbonyl (C=O) groups is 1. The summed E-state index contributed by atoms with van der Waals surface area (Å²) in [5.74, 6) is -0.0773. The van der Waals surface area contributed by atoms with E-state index in [4.69, 9.17) is 4.74 Å². The van der Waals surface area contributed by atoms with Crippen LogP contribution < -0.4 is 0 Å². The first kappa shape index (κ1) is 21.5. The molecule has 148 valence electrons. The van der Waals surface area contributed by atoms with Gasteiger partial charge in [0.2, 0.25) is 0 Å². The number of methoxy groups -OCH3 is 1. The summed E-state index contributed by atoms with van der Waals surface area (Å²) < 4.78 is 5.62. The van der Waals surface area contributed by atoms with Crippen LogP contribution in [-0.2, 0) is 4.74 Å². The second-order valence-electron chi connectivity index (χ2n) is 6.74. The van der Waals surface area contributed by atoms with Gasteiger partial charge in [-0.05, 0) is 26.7 Å². The number of aryl methyl sites for hydroxylation is 1. The topological polar surface area (TPSA) is 62.7 Å². The molecule has 0 bridgehead atoms. The zero-order valence-electron chi connectivity index (χ0n) is 16.9. The molecule has 0 saturated carbocycles. The summed E-state index contributed by atoms with van der Waals surface area (Å²) >= 11 is 1.41. The lowest BCUT2D eigenvalue weighted by Gasteiger charge is -2.43. The maximum Gasteiger partial charge on any atom is 0.266 e. The van der Waals surface area contributed by atoms with Gasteiger partial charge in [-0.25, -0.2) is 4.98 Å². The number of carbonyl (C=O) groups excluding carboxylic acids is 1. The fourth-order valence-corrected chi connectivity index (χ4v) is 4.18. The molecule has 2 heterocycles. The van der Waals surface area contributed by atoms with Crippen molar-refractivity contribution in [2.75, 3.05) is 20.3 Å². The molecule has 1 fully saturated rings. The Labute approximate surface area is 166 Å². The van der Waals surface area contributed by atoms with E-state index in [0.717, 1.165) is 29.1 Å². The van der Waals surface area contributed by atoms with Gasteiger partial charge in [0.15, 0.2) is 0 Å². The van der Waals surface area contributed by atoms with Crippen LogP contribution in [0.3, 0.4) is 0 Å². The molecular weight excluding hydrogens is 360 g/mol. The summed E-state index contributed by atoms with van der Waals surface area (Å²) in [7, 11) is 1.67. The average molecular weight is 391 g/mol. The van der Waals surface area contributed by atoms with Crippen molar-refractivity contribution in [3.63, 3.8) is 0 Å². The van der Waals surface area contributed by atoms with Gasteiger partial charge in [0, 0.05) is 12.7 Å². The van der Waals surface area contributed by atoms with E-state index in [9.17, 15) is 9.90 Å². The fraction of sp³-hybridized carbons (Fsp3) is 0.524. The van der Waals surface area contributed by atoms with Crippen LogP contribution in [0.25, 0.3) is 11.3 Å². The van der Waals surface area contributed by atoms with Gasteiger partial charge >= 0.3 is 0 Å². The van der Waals surface area contributed by atoms with Gasteiger partial charge in [0.25, 0.3) is 5.91 Å². The van der Waals surface area contributed by atoms with E-state index >= 15 is 0 Å². The van der Waals surface area contributed by atoms with Gasteiger partial charge in [-0.15, -0.1) is 11.3 Å². The lowest BCUT2D eigenvalue weighted by atomic mass is 9.90. The van der Waals surface area contributed by atoms with Crippen LogP contribution in [0.1, 0.15) is 48.3 Å². The largest absolute Gasteiger partial charge is 0.394 e. The number of hydrogen-bond donors (Lipinski definition) is 1. The highest BCUT2D eigenvalue weighted by Crippen LogP contribution is 2.33. The Hall–Kier alpha value is -1.76. The Morgan fingerprint density at radius 2 is 2.04 bits per heavy atom. The number of nitrogens with zero attached hydrogens (tertiary/aromatic N) is 2. The number of aliphatic hydroxyl groups excluding tert-OH is 1. The first-order valence-electron chi connectivity index (χ1n) is 9.47. The molecule has 0 spiro atoms. The van der Waals surface area contributed by atoms with E-state index in [1.165, 1.54) is 11.3 Å². The van der Waals surface area contributed by atoms with Crippen LogP contribution >= 0.6 is 11.3 Å². The van der Waals surface area contributed by atoms with E-state index in [1.54, 1.807) is 12.0 Å². The fourth-order valence-electron chi connectivity index (χ4n) is 3.28. The standard InChI is InChI=1S/C19H24N2O3S.C2H6/c1-13-20-16(14-7-5-4-6-8-14)17(25-13)18(23)21-12-19(2,24-3)10-9-15(21)11-22;1-2/h4-8,15,22H,9-12H2,1-3H3;1-2H3. The van der Waals surface area contributed by atoms with Gasteiger partial charge in [-0.1, -0.05) is 44.2 Å². The number of amides is 1. The highest BCUT2D eigenvalue weighted by atomic mass is 32.1. The van der Waals surface area contributed by atoms with Crippen molar-refractivity contribution in [1.29, 1.82) is 0 Å². The maximum atomic E-state index is 13.3. The summed E-state index contributed by atoms with van der Waals surface area (Å²) in [6.07, 6.45) is 1.55. The summed E-state index contributed by atoms with van der Waals surface area (Å²) in [5, 5.41) is 10.6. The first-order chi connectivity index (χ1) is 13.0. The minimum Gasteiger partial charge on any atom is -0.394 e. The van der Waals surface area contributed by atoms with Crippen molar-refractivity contribution in [2.24, 2.45) is 0 Å². The Bertz CT molecular complexity index is 747. The van der Waals surface area contributed by atoms with Gasteiger partial charge in [-0.3, -0.25) is 4.79 Å². The van der Waals surface area contributed by atoms with Crippen molar-refractivity contribution >= 4 is 17.2 Å². The third-order valence-electron chi connectivity index (χ3n) is 4.89. The predicted molar refractivity (Wildman–Crippen MR) is 110 cm³/mol. The lowest BCUT2D eigenvalue weighted by Crippen LogP contribution is -2.55. The van der Waals surface area contributed by atoms with E-state index in [1.807, 2.05) is 58.0 Å². The third kappa shape index (κ3) is 4.75. The van der Waals surface area contributed by atoms with E-state index in [0.29, 0.717) is 11.4 Å². The molecule has 2 unspecified atom stereocenters. The molecule has 1 N–H and O–H groups in total. The molecule has 0 aliphatic carbocycles. The van der Waals surface area contributed by atoms with Crippen LogP contribution in [0.2, 0.25) is 0 Å². The molecule has 5 nitrogen and oxygen atoms in total. The highest BCUT2D eigenvalue weighted by molar-refractivity contribution is 7.14. The summed E-state index contributed by atoms with van der Waals surface area (Å²) in [4.78, 5) is 20.3. The normalized spacial score (nSPS) is 22.1. The average Bonchev–Trinajstić information content (AvgIpc) is 3.11. The second kappa shape index (κ2) is 9.44. The maximum absolute atomic E-state index is 13.3. The number of likely N-dealkylation sites (tertiary alicyclic amines) is 1. The van der Waals surface area contributed by atoms with Crippen LogP contribution in [0.5, 0.6) is 0 Å². The molecule has 3 rings (SSSR count). The van der Waals surface area contributed by atoms with Gasteiger partial charge in [0.1, 0.15) is 4.88 Å². The molecule has 1 amide bonds. The minimum absolute atomic E-state index is 0.0377. The zero-order chi connectivity index (χ0) is 20.0. The van der Waals surface area contributed by atoms with Crippen molar-refractivity contribution in [3.8, 4) is 11.3 Å². The van der Waals surface area contributed by atoms with Crippen LogP contribution in [0, 0.1) is 6.92 Å². The number of aromatic nitrogens is 1. The Kier molecular flexibility index (Phi) is 7.53. The number of rotatable bonds is 4. The molecular formula is C21H30N2O3S. The summed E-state index contributed by atoms with van der Waals surface area (Å²) in [6.45, 7) is 8.35. The molecule has 1 aromatic carbocycles. The van der Waals surface area contributed by atoms with Crippen LogP contribution in [-0.4, -0.2) is 52.8 Å². The smallest absolute Gasteiger partial charge is 0.266 e. The quantitative estimate of drug-likeness (QED) is 0.852. The van der Waals surface area contributed by atoms with E-state index < -0.39 is 0 Å². The monoisotopic (exact) mass is 390 g/mol. The SMILES string of the molecule is CC.COC1(C)CCC(CO)N(C(=O)c2sc(C)nc2-c2ccccc2)C1. The Morgan fingerprint density at radius 1 is 1.37 bits per heavy atom. The number of ether oxygens (including phenoxy) is 1. The predicted octanol–water partition coefficient (Wildman–Crippen LogP) is 4.15. The van der Waals surface area contributed by atoms with Crippen molar-refractivity contribution in [1.82, 2.24) is 9.88 Å². The lowest BCUT2D eigenvalue weighted by molar-refractivity contribution is -0.0653. The van der Waals surface area contributed by atoms with E-state index in [-0.39, 0.29) is 24.2 Å². The second-order valence-corrected chi connectivity index (χ2v) is 7.94. The molecule has 2 atom stereocenters. The van der Waals surface area contributed by atoms with Crippen LogP contribution in [0.15, 0.2) is 30.3 Å². The molecule has 1 saturated heterocycles. The molecule has 0 radical (unpaired) electrons. The highest BCUT2D eigenvalue weighted by Gasteiger charge is 2.39. The molecule has 6 heteroatoms. The summed E-state index contributed by atoms with van der Waals surface area (Å²) in [6, 6.07) is 9.58. The molecule has 1 aromatic heterocycles. The summed E-state index contributed by atoms with van der Waals surface area (Å²) in [5.41, 5.74) is 1.27. The number of hydrogen-bond acceptors (Lipinski definition) is 5. The number of benzene rings is 1. The van der Waals surface area contributed by atoms with Crippen molar-refractivity contribution in [3.05, 3.63) is 40.2 Å².